The second-order valence-electron chi connectivity index (χ2n) is 12.2. The number of benzene rings is 1. The van der Waals surface area contributed by atoms with Crippen molar-refractivity contribution >= 4 is 39.5 Å². The topological polar surface area (TPSA) is 115 Å². The van der Waals surface area contributed by atoms with E-state index in [1.54, 1.807) is 6.33 Å². The van der Waals surface area contributed by atoms with Gasteiger partial charge in [-0.2, -0.15) is 13.2 Å². The summed E-state index contributed by atoms with van der Waals surface area (Å²) in [6.07, 6.45) is 2.27. The van der Waals surface area contributed by atoms with E-state index in [1.807, 2.05) is 16.8 Å². The highest BCUT2D eigenvalue weighted by Gasteiger charge is 2.43. The van der Waals surface area contributed by atoms with Crippen molar-refractivity contribution in [2.75, 3.05) is 18.4 Å². The first-order valence-corrected chi connectivity index (χ1v) is 15.3. The molecule has 0 amide bonds. The maximum Gasteiger partial charge on any atom is 0.417 e. The first kappa shape index (κ1) is 30.1. The Balaban J connectivity index is 1.06. The number of aryl methyl sites for hydroxylation is 1. The van der Waals surface area contributed by atoms with E-state index in [-0.39, 0.29) is 23.0 Å². The molecule has 43 heavy (non-hydrogen) atoms. The molecule has 9 nitrogen and oxygen atoms in total. The molecule has 2 fully saturated rings. The van der Waals surface area contributed by atoms with Crippen LogP contribution in [0.2, 0.25) is 5.02 Å². The van der Waals surface area contributed by atoms with Gasteiger partial charge in [-0.05, 0) is 70.7 Å². The number of imidazole rings is 1. The van der Waals surface area contributed by atoms with E-state index in [9.17, 15) is 23.4 Å². The van der Waals surface area contributed by atoms with E-state index in [2.05, 4.69) is 44.0 Å². The molecule has 4 N–H and O–H groups in total. The Bertz CT molecular complexity index is 1590. The van der Waals surface area contributed by atoms with Crippen LogP contribution in [0.3, 0.4) is 0 Å². The third-order valence-electron chi connectivity index (χ3n) is 8.79. The van der Waals surface area contributed by atoms with Crippen LogP contribution in [0.25, 0.3) is 22.1 Å². The molecule has 2 aliphatic rings. The molecule has 232 valence electrons. The summed E-state index contributed by atoms with van der Waals surface area (Å²) in [6, 6.07) is 4.62. The fourth-order valence-corrected chi connectivity index (χ4v) is 6.48. The second-order valence-corrected chi connectivity index (χ2v) is 12.6. The largest absolute Gasteiger partial charge is 0.417 e. The van der Waals surface area contributed by atoms with E-state index in [0.717, 1.165) is 55.1 Å². The number of aromatic amines is 1. The summed E-state index contributed by atoms with van der Waals surface area (Å²) < 4.78 is 41.6. The van der Waals surface area contributed by atoms with Gasteiger partial charge in [0.2, 0.25) is 0 Å². The molecule has 0 saturated heterocycles. The number of unbranched alkanes of at least 4 members (excludes halogenated alkanes) is 1. The van der Waals surface area contributed by atoms with Gasteiger partial charge in [0.05, 0.1) is 39.2 Å². The summed E-state index contributed by atoms with van der Waals surface area (Å²) in [4.78, 5) is 18.7. The minimum Gasteiger partial charge on any atom is -0.390 e. The number of H-pyrrole nitrogens is 1. The summed E-state index contributed by atoms with van der Waals surface area (Å²) in [5.74, 6) is 1.31. The number of aliphatic hydroxyl groups is 2. The number of fused-ring (bicyclic) bond motifs is 2. The number of aliphatic hydroxyl groups excluding tert-OH is 2. The van der Waals surface area contributed by atoms with Crippen LogP contribution in [0.1, 0.15) is 63.4 Å². The van der Waals surface area contributed by atoms with Crippen LogP contribution in [-0.2, 0) is 12.6 Å². The van der Waals surface area contributed by atoms with Crippen molar-refractivity contribution in [2.24, 2.45) is 5.92 Å². The van der Waals surface area contributed by atoms with Crippen molar-refractivity contribution in [1.82, 2.24) is 29.4 Å². The van der Waals surface area contributed by atoms with Crippen molar-refractivity contribution < 1.29 is 23.4 Å². The molecule has 0 unspecified atom stereocenters. The SMILES string of the molecule is CC(C)N(CCCCc1nc2cc(Cl)c(C(F)(F)F)cc2[nH]1)C[C@H]1C[C@@H](n2ccc3c(NC4CC4)ncnc32)[C@@H](O)[C@@H]1O. The van der Waals surface area contributed by atoms with Gasteiger partial charge in [-0.1, -0.05) is 11.6 Å². The Kier molecular flexibility index (Phi) is 8.31. The highest BCUT2D eigenvalue weighted by molar-refractivity contribution is 6.32. The molecule has 2 saturated carbocycles. The lowest BCUT2D eigenvalue weighted by atomic mass is 10.0. The monoisotopic (exact) mass is 619 g/mol. The molecule has 1 aromatic carbocycles. The summed E-state index contributed by atoms with van der Waals surface area (Å²) in [5, 5.41) is 26.1. The van der Waals surface area contributed by atoms with E-state index >= 15 is 0 Å². The van der Waals surface area contributed by atoms with E-state index < -0.39 is 23.9 Å². The first-order chi connectivity index (χ1) is 20.5. The van der Waals surface area contributed by atoms with Gasteiger partial charge in [-0.25, -0.2) is 15.0 Å². The molecule has 3 heterocycles. The first-order valence-electron chi connectivity index (χ1n) is 14.9. The standard InChI is InChI=1S/C30H37ClF3N7O2/c1-16(2)40(9-4-3-5-25-38-22-12-20(30(32,33)34)21(31)13-23(22)39-25)14-17-11-24(27(43)26(17)42)41-10-8-19-28(37-18-6-7-18)35-15-36-29(19)41/h8,10,12-13,15-18,24,26-27,42-43H,3-7,9,11,14H2,1-2H3,(H,38,39)(H,35,36,37)/t17-,24-,26-,27-/m1/s1. The van der Waals surface area contributed by atoms with E-state index in [1.165, 1.54) is 6.07 Å². The molecule has 4 atom stereocenters. The number of hydrogen-bond donors (Lipinski definition) is 4. The van der Waals surface area contributed by atoms with E-state index in [4.69, 9.17) is 11.6 Å². The number of nitrogens with zero attached hydrogens (tertiary/aromatic N) is 5. The van der Waals surface area contributed by atoms with Crippen molar-refractivity contribution in [2.45, 2.75) is 88.9 Å². The molecular formula is C30H37ClF3N7O2. The van der Waals surface area contributed by atoms with Crippen molar-refractivity contribution in [1.29, 1.82) is 0 Å². The quantitative estimate of drug-likeness (QED) is 0.162. The highest BCUT2D eigenvalue weighted by atomic mass is 35.5. The predicted molar refractivity (Wildman–Crippen MR) is 159 cm³/mol. The van der Waals surface area contributed by atoms with Gasteiger partial charge < -0.3 is 30.0 Å². The van der Waals surface area contributed by atoms with Crippen LogP contribution in [0.4, 0.5) is 19.0 Å². The van der Waals surface area contributed by atoms with Crippen LogP contribution in [0, 0.1) is 5.92 Å². The molecule has 13 heteroatoms. The zero-order valence-corrected chi connectivity index (χ0v) is 24.9. The Labute approximate surface area is 252 Å². The predicted octanol–water partition coefficient (Wildman–Crippen LogP) is 5.57. The van der Waals surface area contributed by atoms with Gasteiger partial charge in [0, 0.05) is 37.2 Å². The minimum absolute atomic E-state index is 0.117. The molecule has 3 aromatic heterocycles. The van der Waals surface area contributed by atoms with Crippen molar-refractivity contribution in [3.8, 4) is 0 Å². The average molecular weight is 620 g/mol. The maximum absolute atomic E-state index is 13.2. The summed E-state index contributed by atoms with van der Waals surface area (Å²) in [6.45, 7) is 5.64. The Morgan fingerprint density at radius 2 is 1.95 bits per heavy atom. The minimum atomic E-state index is -4.53. The van der Waals surface area contributed by atoms with Crippen molar-refractivity contribution in [3.63, 3.8) is 0 Å². The number of anilines is 1. The molecule has 2 aliphatic carbocycles. The molecule has 0 radical (unpaired) electrons. The molecule has 4 aromatic rings. The Morgan fingerprint density at radius 1 is 1.16 bits per heavy atom. The summed E-state index contributed by atoms with van der Waals surface area (Å²) in [7, 11) is 0. The highest BCUT2D eigenvalue weighted by Crippen LogP contribution is 2.39. The van der Waals surface area contributed by atoms with Crippen LogP contribution < -0.4 is 5.32 Å². The lowest BCUT2D eigenvalue weighted by molar-refractivity contribution is -0.137. The number of alkyl halides is 3. The van der Waals surface area contributed by atoms with Crippen LogP contribution in [0.15, 0.2) is 30.7 Å². The normalized spacial score (nSPS) is 22.9. The Morgan fingerprint density at radius 3 is 2.67 bits per heavy atom. The lowest BCUT2D eigenvalue weighted by Gasteiger charge is -2.30. The number of hydrogen-bond acceptors (Lipinski definition) is 7. The molecule has 6 rings (SSSR count). The lowest BCUT2D eigenvalue weighted by Crippen LogP contribution is -2.40. The van der Waals surface area contributed by atoms with Gasteiger partial charge >= 0.3 is 6.18 Å². The van der Waals surface area contributed by atoms with Gasteiger partial charge in [-0.15, -0.1) is 0 Å². The Hall–Kier alpha value is -2.93. The number of rotatable bonds is 11. The molecule has 0 spiro atoms. The fourth-order valence-electron chi connectivity index (χ4n) is 6.22. The van der Waals surface area contributed by atoms with Crippen molar-refractivity contribution in [3.05, 3.63) is 47.1 Å². The zero-order valence-electron chi connectivity index (χ0n) is 24.2. The number of aromatic nitrogens is 5. The average Bonchev–Trinajstić information content (AvgIpc) is 3.40. The second kappa shape index (κ2) is 11.9. The molecule has 0 bridgehead atoms. The summed E-state index contributed by atoms with van der Waals surface area (Å²) >= 11 is 5.84. The van der Waals surface area contributed by atoms with Crippen LogP contribution in [0.5, 0.6) is 0 Å². The number of nitrogens with one attached hydrogen (secondary N) is 2. The van der Waals surface area contributed by atoms with Crippen LogP contribution >= 0.6 is 11.6 Å². The third-order valence-corrected chi connectivity index (χ3v) is 9.10. The zero-order chi connectivity index (χ0) is 30.5. The van der Waals surface area contributed by atoms with Gasteiger partial charge in [0.15, 0.2) is 0 Å². The van der Waals surface area contributed by atoms with Gasteiger partial charge in [-0.3, -0.25) is 0 Å². The number of halogens is 4. The smallest absolute Gasteiger partial charge is 0.390 e. The van der Waals surface area contributed by atoms with E-state index in [0.29, 0.717) is 42.3 Å². The van der Waals surface area contributed by atoms with Gasteiger partial charge in [0.1, 0.15) is 29.7 Å². The third kappa shape index (κ3) is 6.33. The summed E-state index contributed by atoms with van der Waals surface area (Å²) in [5.41, 5.74) is 0.603. The fraction of sp³-hybridized carbons (Fsp3) is 0.567. The van der Waals surface area contributed by atoms with Gasteiger partial charge in [0.25, 0.3) is 0 Å². The molecular weight excluding hydrogens is 583 g/mol. The van der Waals surface area contributed by atoms with Crippen LogP contribution in [-0.4, -0.2) is 77.0 Å². The maximum atomic E-state index is 13.2. The molecule has 0 aliphatic heterocycles.